The van der Waals surface area contributed by atoms with Gasteiger partial charge in [-0.15, -0.1) is 13.0 Å². The lowest BCUT2D eigenvalue weighted by atomic mass is 9.73. The van der Waals surface area contributed by atoms with E-state index in [1.165, 1.54) is 7.11 Å². The quantitative estimate of drug-likeness (QED) is 0.281. The van der Waals surface area contributed by atoms with Gasteiger partial charge in [-0.3, -0.25) is 0 Å². The predicted octanol–water partition coefficient (Wildman–Crippen LogP) is 2.56. The molecule has 0 aliphatic rings. The maximum atomic E-state index is 5.45. The van der Waals surface area contributed by atoms with Gasteiger partial charge in [0.25, 0.3) is 0 Å². The second-order valence-corrected chi connectivity index (χ2v) is 3.39. The fourth-order valence-corrected chi connectivity index (χ4v) is 1.12. The van der Waals surface area contributed by atoms with E-state index >= 15 is 0 Å². The first-order chi connectivity index (χ1) is 5.99. The van der Waals surface area contributed by atoms with Crippen molar-refractivity contribution in [2.45, 2.75) is 32.8 Å². The van der Waals surface area contributed by atoms with Gasteiger partial charge in [0, 0.05) is 0 Å². The average molecular weight is 182 g/mol. The Bertz CT molecular complexity index is 217. The van der Waals surface area contributed by atoms with E-state index in [0.29, 0.717) is 0 Å². The minimum Gasteiger partial charge on any atom is -0.239 e. The lowest BCUT2D eigenvalue weighted by molar-refractivity contribution is -0.356. The molecule has 0 fully saturated rings. The van der Waals surface area contributed by atoms with E-state index in [9.17, 15) is 0 Å². The summed E-state index contributed by atoms with van der Waals surface area (Å²) in [5.74, 6) is 2.68. The molecule has 0 N–H and O–H groups in total. The first-order valence-corrected chi connectivity index (χ1v) is 4.33. The van der Waals surface area contributed by atoms with Crippen LogP contribution in [0.15, 0.2) is 12.7 Å². The summed E-state index contributed by atoms with van der Waals surface area (Å²) in [6.45, 7) is 9.54. The fourth-order valence-electron chi connectivity index (χ4n) is 1.12. The van der Waals surface area contributed by atoms with Crippen LogP contribution in [-0.2, 0) is 9.78 Å². The van der Waals surface area contributed by atoms with Crippen molar-refractivity contribution in [1.82, 2.24) is 0 Å². The molecule has 2 heteroatoms. The molecule has 0 aliphatic heterocycles. The summed E-state index contributed by atoms with van der Waals surface area (Å²) < 4.78 is 0. The number of hydrogen-bond donors (Lipinski definition) is 0. The van der Waals surface area contributed by atoms with Gasteiger partial charge >= 0.3 is 0 Å². The summed E-state index contributed by atoms with van der Waals surface area (Å²) in [6, 6.07) is 0. The molecule has 0 radical (unpaired) electrons. The van der Waals surface area contributed by atoms with Gasteiger partial charge in [-0.2, -0.15) is 0 Å². The first kappa shape index (κ1) is 12.2. The molecule has 13 heavy (non-hydrogen) atoms. The van der Waals surface area contributed by atoms with E-state index in [-0.39, 0.29) is 0 Å². The zero-order valence-corrected chi connectivity index (χ0v) is 8.89. The Hall–Kier alpha value is -0.780. The van der Waals surface area contributed by atoms with Gasteiger partial charge in [0.1, 0.15) is 5.60 Å². The van der Waals surface area contributed by atoms with E-state index in [4.69, 9.17) is 16.2 Å². The molecule has 0 aromatic rings. The SMILES string of the molecule is C#CC(C)(C=C)C(C)(CC)OOC. The predicted molar refractivity (Wildman–Crippen MR) is 53.9 cm³/mol. The van der Waals surface area contributed by atoms with Crippen molar-refractivity contribution >= 4 is 0 Å². The third-order valence-corrected chi connectivity index (χ3v) is 2.75. The maximum absolute atomic E-state index is 5.45. The first-order valence-electron chi connectivity index (χ1n) is 4.33. The molecule has 2 unspecified atom stereocenters. The summed E-state index contributed by atoms with van der Waals surface area (Å²) in [4.78, 5) is 9.92. The minimum atomic E-state index is -0.530. The van der Waals surface area contributed by atoms with Gasteiger partial charge in [0.15, 0.2) is 0 Å². The van der Waals surface area contributed by atoms with Crippen LogP contribution in [0.3, 0.4) is 0 Å². The summed E-state index contributed by atoms with van der Waals surface area (Å²) >= 11 is 0. The van der Waals surface area contributed by atoms with Gasteiger partial charge in [0.05, 0.1) is 12.5 Å². The molecule has 0 amide bonds. The summed E-state index contributed by atoms with van der Waals surface area (Å²) in [6.07, 6.45) is 7.93. The molecule has 0 bridgehead atoms. The molecule has 0 aromatic carbocycles. The highest BCUT2D eigenvalue weighted by molar-refractivity contribution is 5.20. The van der Waals surface area contributed by atoms with Gasteiger partial charge in [-0.05, 0) is 20.3 Å². The zero-order valence-electron chi connectivity index (χ0n) is 8.89. The van der Waals surface area contributed by atoms with E-state index < -0.39 is 11.0 Å². The van der Waals surface area contributed by atoms with E-state index in [1.54, 1.807) is 6.08 Å². The summed E-state index contributed by atoms with van der Waals surface area (Å²) in [7, 11) is 1.48. The molecule has 2 atom stereocenters. The molecule has 0 aliphatic carbocycles. The Labute approximate surface area is 80.9 Å². The monoisotopic (exact) mass is 182 g/mol. The van der Waals surface area contributed by atoms with Crippen LogP contribution in [0.4, 0.5) is 0 Å². The fraction of sp³-hybridized carbons (Fsp3) is 0.636. The zero-order chi connectivity index (χ0) is 10.5. The average Bonchev–Trinajstić information content (AvgIpc) is 2.16. The number of hydrogen-bond acceptors (Lipinski definition) is 2. The highest BCUT2D eigenvalue weighted by atomic mass is 17.2. The van der Waals surface area contributed by atoms with Crippen LogP contribution in [0.2, 0.25) is 0 Å². The summed E-state index contributed by atoms with van der Waals surface area (Å²) in [5, 5.41) is 0. The van der Waals surface area contributed by atoms with Crippen LogP contribution >= 0.6 is 0 Å². The molecule has 0 saturated carbocycles. The Kier molecular flexibility index (Phi) is 4.19. The Morgan fingerprint density at radius 2 is 2.08 bits per heavy atom. The number of rotatable bonds is 5. The van der Waals surface area contributed by atoms with Crippen molar-refractivity contribution in [3.63, 3.8) is 0 Å². The third kappa shape index (κ3) is 2.12. The topological polar surface area (TPSA) is 18.5 Å². The molecular formula is C11H18O2. The lowest BCUT2D eigenvalue weighted by Gasteiger charge is -2.38. The Balaban J connectivity index is 4.93. The van der Waals surface area contributed by atoms with Crippen molar-refractivity contribution in [2.24, 2.45) is 5.41 Å². The molecule has 0 saturated heterocycles. The highest BCUT2D eigenvalue weighted by Gasteiger charge is 2.42. The minimum absolute atomic E-state index is 0.516. The van der Waals surface area contributed by atoms with E-state index in [0.717, 1.165) is 6.42 Å². The molecule has 0 heterocycles. The molecule has 0 rings (SSSR count). The second-order valence-electron chi connectivity index (χ2n) is 3.39. The van der Waals surface area contributed by atoms with Crippen molar-refractivity contribution in [3.8, 4) is 12.3 Å². The number of terminal acetylenes is 1. The van der Waals surface area contributed by atoms with Crippen LogP contribution in [0.1, 0.15) is 27.2 Å². The Morgan fingerprint density at radius 3 is 2.31 bits per heavy atom. The van der Waals surface area contributed by atoms with Gasteiger partial charge in [0.2, 0.25) is 0 Å². The molecule has 74 valence electrons. The van der Waals surface area contributed by atoms with Crippen molar-refractivity contribution in [3.05, 3.63) is 12.7 Å². The molecular weight excluding hydrogens is 164 g/mol. The van der Waals surface area contributed by atoms with E-state index in [1.807, 2.05) is 20.8 Å². The largest absolute Gasteiger partial charge is 0.239 e. The smallest absolute Gasteiger partial charge is 0.120 e. The molecule has 2 nitrogen and oxygen atoms in total. The molecule has 0 aromatic heterocycles. The Morgan fingerprint density at radius 1 is 1.54 bits per heavy atom. The van der Waals surface area contributed by atoms with Crippen molar-refractivity contribution in [2.75, 3.05) is 7.11 Å². The maximum Gasteiger partial charge on any atom is 0.120 e. The normalized spacial score (nSPS) is 19.6. The van der Waals surface area contributed by atoms with Crippen LogP contribution in [-0.4, -0.2) is 12.7 Å². The van der Waals surface area contributed by atoms with Gasteiger partial charge in [-0.25, -0.2) is 9.78 Å². The van der Waals surface area contributed by atoms with Crippen LogP contribution in [0.5, 0.6) is 0 Å². The van der Waals surface area contributed by atoms with Crippen molar-refractivity contribution in [1.29, 1.82) is 0 Å². The third-order valence-electron chi connectivity index (χ3n) is 2.75. The van der Waals surface area contributed by atoms with Crippen molar-refractivity contribution < 1.29 is 9.78 Å². The standard InChI is InChI=1S/C11H18O2/c1-7-10(4,8-2)11(5,9-3)13-12-6/h1,8H,2,9H2,3-6H3. The van der Waals surface area contributed by atoms with Crippen LogP contribution in [0, 0.1) is 17.8 Å². The summed E-state index contributed by atoms with van der Waals surface area (Å²) in [5.41, 5.74) is -1.05. The second kappa shape index (κ2) is 4.45. The van der Waals surface area contributed by atoms with Crippen LogP contribution < -0.4 is 0 Å². The lowest BCUT2D eigenvalue weighted by Crippen LogP contribution is -2.43. The van der Waals surface area contributed by atoms with E-state index in [2.05, 4.69) is 12.5 Å². The highest BCUT2D eigenvalue weighted by Crippen LogP contribution is 2.37. The van der Waals surface area contributed by atoms with Crippen LogP contribution in [0.25, 0.3) is 0 Å². The molecule has 0 spiro atoms. The van der Waals surface area contributed by atoms with Gasteiger partial charge in [-0.1, -0.05) is 18.9 Å². The van der Waals surface area contributed by atoms with Gasteiger partial charge < -0.3 is 0 Å².